The van der Waals surface area contributed by atoms with Crippen LogP contribution in [0.5, 0.6) is 0 Å². The number of fused-ring (bicyclic) bond motifs is 2. The molecule has 2 atom stereocenters. The Kier molecular flexibility index (Phi) is 3.09. The molecule has 3 rings (SSSR count). The van der Waals surface area contributed by atoms with E-state index in [4.69, 9.17) is 0 Å². The first-order valence-corrected chi connectivity index (χ1v) is 7.38. The Balaban J connectivity index is 1.90. The smallest absolute Gasteiger partial charge is 0.271 e. The topological polar surface area (TPSA) is 89.3 Å². The van der Waals surface area contributed by atoms with Gasteiger partial charge in [0.1, 0.15) is 11.2 Å². The zero-order chi connectivity index (χ0) is 16.1. The highest BCUT2D eigenvalue weighted by molar-refractivity contribution is 6.14. The van der Waals surface area contributed by atoms with E-state index in [2.05, 4.69) is 5.32 Å². The number of Topliss-reactive ketones (excluding diaryl/α,β-unsaturated/α-hetero) is 1. The van der Waals surface area contributed by atoms with Gasteiger partial charge in [0.15, 0.2) is 0 Å². The van der Waals surface area contributed by atoms with E-state index >= 15 is 0 Å². The first kappa shape index (κ1) is 14.7. The van der Waals surface area contributed by atoms with E-state index in [9.17, 15) is 19.7 Å². The van der Waals surface area contributed by atoms with E-state index in [1.165, 1.54) is 18.2 Å². The van der Waals surface area contributed by atoms with Gasteiger partial charge in [-0.1, -0.05) is 19.9 Å². The van der Waals surface area contributed by atoms with Crippen LogP contribution in [0.25, 0.3) is 0 Å². The Hall–Kier alpha value is -2.24. The van der Waals surface area contributed by atoms with Crippen LogP contribution in [0.15, 0.2) is 24.3 Å². The number of benzene rings is 1. The molecule has 2 saturated carbocycles. The lowest BCUT2D eigenvalue weighted by atomic mass is 9.68. The number of nitro benzene ring substituents is 1. The van der Waals surface area contributed by atoms with Crippen molar-refractivity contribution >= 4 is 23.1 Å². The second-order valence-electron chi connectivity index (χ2n) is 6.75. The summed E-state index contributed by atoms with van der Waals surface area (Å²) in [6.07, 6.45) is 1.89. The van der Waals surface area contributed by atoms with Gasteiger partial charge in [0, 0.05) is 24.2 Å². The van der Waals surface area contributed by atoms with E-state index < -0.39 is 10.3 Å². The number of nitrogens with zero attached hydrogens (tertiary/aromatic N) is 1. The van der Waals surface area contributed by atoms with Gasteiger partial charge in [-0.2, -0.15) is 0 Å². The first-order valence-electron chi connectivity index (χ1n) is 7.38. The monoisotopic (exact) mass is 302 g/mol. The van der Waals surface area contributed by atoms with Crippen molar-refractivity contribution in [1.82, 2.24) is 0 Å². The zero-order valence-electron chi connectivity index (χ0n) is 12.6. The van der Waals surface area contributed by atoms with Crippen LogP contribution in [-0.4, -0.2) is 16.6 Å². The van der Waals surface area contributed by atoms with Gasteiger partial charge in [0.2, 0.25) is 5.91 Å². The summed E-state index contributed by atoms with van der Waals surface area (Å²) >= 11 is 0. The van der Waals surface area contributed by atoms with Gasteiger partial charge in [-0.05, 0) is 30.2 Å². The van der Waals surface area contributed by atoms with Crippen molar-refractivity contribution in [3.05, 3.63) is 34.4 Å². The molecule has 2 aliphatic carbocycles. The van der Waals surface area contributed by atoms with Crippen LogP contribution in [-0.2, 0) is 9.59 Å². The molecule has 6 nitrogen and oxygen atoms in total. The molecule has 0 spiro atoms. The number of anilines is 1. The number of nitro groups is 1. The van der Waals surface area contributed by atoms with Gasteiger partial charge in [-0.3, -0.25) is 19.7 Å². The van der Waals surface area contributed by atoms with Gasteiger partial charge < -0.3 is 5.32 Å². The van der Waals surface area contributed by atoms with Gasteiger partial charge in [0.25, 0.3) is 5.69 Å². The molecule has 0 saturated heterocycles. The highest BCUT2D eigenvalue weighted by Gasteiger charge is 2.68. The van der Waals surface area contributed by atoms with E-state index in [0.717, 1.165) is 6.42 Å². The summed E-state index contributed by atoms with van der Waals surface area (Å²) < 4.78 is 0. The third-order valence-electron chi connectivity index (χ3n) is 5.60. The molecule has 1 aromatic carbocycles. The maximum atomic E-state index is 12.8. The second-order valence-corrected chi connectivity index (χ2v) is 6.75. The van der Waals surface area contributed by atoms with Crippen molar-refractivity contribution in [3.8, 4) is 0 Å². The number of hydrogen-bond donors (Lipinski definition) is 1. The van der Waals surface area contributed by atoms with Crippen LogP contribution in [0, 0.1) is 26.9 Å². The summed E-state index contributed by atoms with van der Waals surface area (Å²) in [5.74, 6) is -0.0875. The number of carbonyl (C=O) groups excluding carboxylic acids is 2. The lowest BCUT2D eigenvalue weighted by molar-refractivity contribution is -0.384. The largest absolute Gasteiger partial charge is 0.325 e. The molecular formula is C16H18N2O4. The number of nitrogens with one attached hydrogen (secondary N) is 1. The average Bonchev–Trinajstić information content (AvgIpc) is 2.82. The van der Waals surface area contributed by atoms with E-state index in [1.807, 2.05) is 13.8 Å². The zero-order valence-corrected chi connectivity index (χ0v) is 12.6. The summed E-state index contributed by atoms with van der Waals surface area (Å²) in [7, 11) is 0. The maximum absolute atomic E-state index is 12.8. The molecule has 2 unspecified atom stereocenters. The fourth-order valence-electron chi connectivity index (χ4n) is 4.14. The van der Waals surface area contributed by atoms with E-state index in [0.29, 0.717) is 18.5 Å². The van der Waals surface area contributed by atoms with Crippen LogP contribution in [0.3, 0.4) is 0 Å². The molecule has 0 aromatic heterocycles. The molecule has 1 aromatic rings. The first-order chi connectivity index (χ1) is 10.3. The third-order valence-corrected chi connectivity index (χ3v) is 5.60. The Bertz CT molecular complexity index is 682. The molecule has 1 N–H and O–H groups in total. The predicted octanol–water partition coefficient (Wildman–Crippen LogP) is 2.93. The van der Waals surface area contributed by atoms with Crippen LogP contribution < -0.4 is 5.32 Å². The Morgan fingerprint density at radius 2 is 2.14 bits per heavy atom. The molecular weight excluding hydrogens is 284 g/mol. The lowest BCUT2D eigenvalue weighted by Crippen LogP contribution is -2.46. The molecule has 2 aliphatic rings. The number of hydrogen-bond acceptors (Lipinski definition) is 4. The minimum atomic E-state index is -0.998. The number of carbonyl (C=O) groups is 2. The highest BCUT2D eigenvalue weighted by atomic mass is 16.6. The van der Waals surface area contributed by atoms with E-state index in [1.54, 1.807) is 6.07 Å². The van der Waals surface area contributed by atoms with Crippen LogP contribution in [0.2, 0.25) is 0 Å². The fourth-order valence-corrected chi connectivity index (χ4v) is 4.14. The van der Waals surface area contributed by atoms with Gasteiger partial charge in [-0.15, -0.1) is 0 Å². The van der Waals surface area contributed by atoms with Crippen LogP contribution in [0.4, 0.5) is 11.4 Å². The van der Waals surface area contributed by atoms with Crippen LogP contribution in [0.1, 0.15) is 33.1 Å². The molecule has 2 fully saturated rings. The minimum Gasteiger partial charge on any atom is -0.325 e. The van der Waals surface area contributed by atoms with Crippen molar-refractivity contribution in [2.45, 2.75) is 33.1 Å². The predicted molar refractivity (Wildman–Crippen MR) is 80.3 cm³/mol. The summed E-state index contributed by atoms with van der Waals surface area (Å²) in [6, 6.07) is 5.79. The standard InChI is InChI=1S/C16H18N2O4/c1-15(2)10-6-7-16(15,13(19)8-10)14(20)17-11-4-3-5-12(9-11)18(21)22/h3-5,9-10H,6-8H2,1-2H3,(H,17,20). The SMILES string of the molecule is CC1(C)C2CCC1(C(=O)Nc1cccc([N+](=O)[O-])c1)C(=O)C2. The average molecular weight is 302 g/mol. The summed E-state index contributed by atoms with van der Waals surface area (Å²) in [6.45, 7) is 3.95. The quantitative estimate of drug-likeness (QED) is 0.528. The molecule has 22 heavy (non-hydrogen) atoms. The molecule has 2 bridgehead atoms. The summed E-state index contributed by atoms with van der Waals surface area (Å²) in [4.78, 5) is 35.5. The Labute approximate surface area is 128 Å². The van der Waals surface area contributed by atoms with Crippen molar-refractivity contribution in [3.63, 3.8) is 0 Å². The second kappa shape index (κ2) is 4.63. The van der Waals surface area contributed by atoms with Crippen molar-refractivity contribution in [1.29, 1.82) is 0 Å². The molecule has 0 aliphatic heterocycles. The third kappa shape index (κ3) is 1.79. The highest BCUT2D eigenvalue weighted by Crippen LogP contribution is 2.64. The molecule has 0 heterocycles. The van der Waals surface area contributed by atoms with Gasteiger partial charge in [0.05, 0.1) is 4.92 Å². The fraction of sp³-hybridized carbons (Fsp3) is 0.500. The molecule has 116 valence electrons. The maximum Gasteiger partial charge on any atom is 0.271 e. The summed E-state index contributed by atoms with van der Waals surface area (Å²) in [5.41, 5.74) is -1.10. The number of rotatable bonds is 3. The van der Waals surface area contributed by atoms with Crippen molar-refractivity contribution in [2.75, 3.05) is 5.32 Å². The summed E-state index contributed by atoms with van der Waals surface area (Å²) in [5, 5.41) is 13.5. The normalized spacial score (nSPS) is 28.6. The number of amides is 1. The van der Waals surface area contributed by atoms with Gasteiger partial charge >= 0.3 is 0 Å². The van der Waals surface area contributed by atoms with E-state index in [-0.39, 0.29) is 28.7 Å². The van der Waals surface area contributed by atoms with Crippen molar-refractivity contribution < 1.29 is 14.5 Å². The molecule has 0 radical (unpaired) electrons. The minimum absolute atomic E-state index is 0.00307. The van der Waals surface area contributed by atoms with Crippen LogP contribution >= 0.6 is 0 Å². The molecule has 1 amide bonds. The number of ketones is 1. The Morgan fingerprint density at radius 1 is 1.41 bits per heavy atom. The van der Waals surface area contributed by atoms with Gasteiger partial charge in [-0.25, -0.2) is 0 Å². The van der Waals surface area contributed by atoms with Crippen molar-refractivity contribution in [2.24, 2.45) is 16.7 Å². The lowest BCUT2D eigenvalue weighted by Gasteiger charge is -2.34. The number of non-ortho nitro benzene ring substituents is 1. The Morgan fingerprint density at radius 3 is 2.68 bits per heavy atom. The molecule has 6 heteroatoms.